The number of piperazine rings is 1. The van der Waals surface area contributed by atoms with Crippen LogP contribution in [0.25, 0.3) is 0 Å². The fraction of sp³-hybridized carbons (Fsp3) is 0.375. The van der Waals surface area contributed by atoms with Crippen LogP contribution >= 0.6 is 15.9 Å². The van der Waals surface area contributed by atoms with Crippen molar-refractivity contribution in [1.82, 2.24) is 9.97 Å². The van der Waals surface area contributed by atoms with Crippen LogP contribution in [-0.4, -0.2) is 50.4 Å². The number of methoxy groups -OCH3 is 2. The SMILES string of the molecule is COc1ccccc1N1CCN(c2ncc(Br)c(OC)n2)CC1. The summed E-state index contributed by atoms with van der Waals surface area (Å²) < 4.78 is 11.5. The van der Waals surface area contributed by atoms with Crippen LogP contribution in [0.4, 0.5) is 11.6 Å². The highest BCUT2D eigenvalue weighted by Gasteiger charge is 2.21. The van der Waals surface area contributed by atoms with Crippen LogP contribution in [-0.2, 0) is 0 Å². The second-order valence-corrected chi connectivity index (χ2v) is 6.03. The van der Waals surface area contributed by atoms with E-state index in [4.69, 9.17) is 9.47 Å². The van der Waals surface area contributed by atoms with Gasteiger partial charge in [-0.3, -0.25) is 0 Å². The molecule has 2 heterocycles. The lowest BCUT2D eigenvalue weighted by Gasteiger charge is -2.36. The second-order valence-electron chi connectivity index (χ2n) is 5.17. The number of ether oxygens (including phenoxy) is 2. The number of aromatic nitrogens is 2. The lowest BCUT2D eigenvalue weighted by molar-refractivity contribution is 0.393. The molecule has 3 rings (SSSR count). The van der Waals surface area contributed by atoms with Gasteiger partial charge in [0.25, 0.3) is 0 Å². The van der Waals surface area contributed by atoms with Gasteiger partial charge in [-0.05, 0) is 28.1 Å². The van der Waals surface area contributed by atoms with Crippen molar-refractivity contribution in [3.8, 4) is 11.6 Å². The minimum Gasteiger partial charge on any atom is -0.495 e. The number of benzene rings is 1. The molecule has 0 aliphatic carbocycles. The zero-order valence-electron chi connectivity index (χ0n) is 13.2. The molecule has 1 aromatic carbocycles. The van der Waals surface area contributed by atoms with Crippen LogP contribution in [0.1, 0.15) is 0 Å². The Labute approximate surface area is 144 Å². The molecule has 1 fully saturated rings. The van der Waals surface area contributed by atoms with Crippen molar-refractivity contribution in [2.75, 3.05) is 50.2 Å². The Morgan fingerprint density at radius 1 is 1.00 bits per heavy atom. The smallest absolute Gasteiger partial charge is 0.232 e. The topological polar surface area (TPSA) is 50.7 Å². The number of rotatable bonds is 4. The molecule has 0 amide bonds. The third kappa shape index (κ3) is 3.34. The molecule has 1 saturated heterocycles. The van der Waals surface area contributed by atoms with Gasteiger partial charge in [0.2, 0.25) is 11.8 Å². The highest BCUT2D eigenvalue weighted by atomic mass is 79.9. The number of nitrogens with zero attached hydrogens (tertiary/aromatic N) is 4. The van der Waals surface area contributed by atoms with Crippen molar-refractivity contribution in [1.29, 1.82) is 0 Å². The second kappa shape index (κ2) is 7.04. The lowest BCUT2D eigenvalue weighted by Crippen LogP contribution is -2.47. The van der Waals surface area contributed by atoms with Crippen molar-refractivity contribution in [2.45, 2.75) is 0 Å². The van der Waals surface area contributed by atoms with Gasteiger partial charge in [0.1, 0.15) is 5.75 Å². The van der Waals surface area contributed by atoms with Gasteiger partial charge < -0.3 is 19.3 Å². The Morgan fingerprint density at radius 3 is 2.39 bits per heavy atom. The summed E-state index contributed by atoms with van der Waals surface area (Å²) in [6.07, 6.45) is 1.73. The van der Waals surface area contributed by atoms with E-state index in [2.05, 4.69) is 41.8 Å². The highest BCUT2D eigenvalue weighted by molar-refractivity contribution is 9.10. The van der Waals surface area contributed by atoms with Crippen LogP contribution in [0.2, 0.25) is 0 Å². The van der Waals surface area contributed by atoms with Gasteiger partial charge in [-0.25, -0.2) is 4.98 Å². The van der Waals surface area contributed by atoms with E-state index in [0.717, 1.165) is 42.1 Å². The fourth-order valence-electron chi connectivity index (χ4n) is 2.68. The van der Waals surface area contributed by atoms with Crippen LogP contribution in [0.3, 0.4) is 0 Å². The minimum atomic E-state index is 0.558. The number of halogens is 1. The molecule has 2 aromatic rings. The molecule has 1 aliphatic rings. The number of para-hydroxylation sites is 2. The maximum Gasteiger partial charge on any atom is 0.232 e. The van der Waals surface area contributed by atoms with Crippen molar-refractivity contribution in [3.05, 3.63) is 34.9 Å². The summed E-state index contributed by atoms with van der Waals surface area (Å²) in [7, 11) is 3.31. The van der Waals surface area contributed by atoms with Crippen molar-refractivity contribution >= 4 is 27.6 Å². The molecule has 1 aliphatic heterocycles. The van der Waals surface area contributed by atoms with E-state index in [-0.39, 0.29) is 0 Å². The summed E-state index contributed by atoms with van der Waals surface area (Å²) >= 11 is 3.38. The highest BCUT2D eigenvalue weighted by Crippen LogP contribution is 2.29. The van der Waals surface area contributed by atoms with Crippen molar-refractivity contribution in [2.24, 2.45) is 0 Å². The third-order valence-corrected chi connectivity index (χ3v) is 4.42. The molecule has 1 aromatic heterocycles. The van der Waals surface area contributed by atoms with Gasteiger partial charge in [0, 0.05) is 26.2 Å². The average Bonchev–Trinajstić information content (AvgIpc) is 2.62. The molecule has 0 spiro atoms. The number of hydrogen-bond donors (Lipinski definition) is 0. The summed E-state index contributed by atoms with van der Waals surface area (Å²) in [5.74, 6) is 2.16. The third-order valence-electron chi connectivity index (χ3n) is 3.88. The molecule has 0 bridgehead atoms. The summed E-state index contributed by atoms with van der Waals surface area (Å²) in [5.41, 5.74) is 1.13. The zero-order chi connectivity index (χ0) is 16.2. The fourth-order valence-corrected chi connectivity index (χ4v) is 3.03. The van der Waals surface area contributed by atoms with Crippen molar-refractivity contribution < 1.29 is 9.47 Å². The average molecular weight is 379 g/mol. The molecule has 0 saturated carbocycles. The Bertz CT molecular complexity index is 675. The van der Waals surface area contributed by atoms with E-state index in [9.17, 15) is 0 Å². The predicted molar refractivity (Wildman–Crippen MR) is 93.7 cm³/mol. The van der Waals surface area contributed by atoms with E-state index < -0.39 is 0 Å². The Hall–Kier alpha value is -2.02. The molecule has 0 N–H and O–H groups in total. The molecule has 0 radical (unpaired) electrons. The first-order valence-corrected chi connectivity index (χ1v) is 8.21. The summed E-state index contributed by atoms with van der Waals surface area (Å²) in [4.78, 5) is 13.3. The van der Waals surface area contributed by atoms with E-state index in [0.29, 0.717) is 11.8 Å². The molecular weight excluding hydrogens is 360 g/mol. The lowest BCUT2D eigenvalue weighted by atomic mass is 10.2. The maximum absolute atomic E-state index is 5.45. The molecule has 0 atom stereocenters. The van der Waals surface area contributed by atoms with Gasteiger partial charge in [0.15, 0.2) is 0 Å². The molecule has 7 heteroatoms. The zero-order valence-corrected chi connectivity index (χ0v) is 14.8. The predicted octanol–water partition coefficient (Wildman–Crippen LogP) is 2.58. The summed E-state index contributed by atoms with van der Waals surface area (Å²) in [6, 6.07) is 8.10. The van der Waals surface area contributed by atoms with E-state index in [1.807, 2.05) is 18.2 Å². The largest absolute Gasteiger partial charge is 0.495 e. The standard InChI is InChI=1S/C16H19BrN4O2/c1-22-14-6-4-3-5-13(14)20-7-9-21(10-8-20)16-18-11-12(17)15(19-16)23-2/h3-6,11H,7-10H2,1-2H3. The first-order chi connectivity index (χ1) is 11.2. The van der Waals surface area contributed by atoms with Crippen LogP contribution in [0.15, 0.2) is 34.9 Å². The van der Waals surface area contributed by atoms with E-state index in [1.54, 1.807) is 20.4 Å². The molecule has 0 unspecified atom stereocenters. The normalized spacial score (nSPS) is 14.7. The number of anilines is 2. The van der Waals surface area contributed by atoms with Gasteiger partial charge in [0.05, 0.1) is 30.6 Å². The van der Waals surface area contributed by atoms with Crippen LogP contribution < -0.4 is 19.3 Å². The molecule has 23 heavy (non-hydrogen) atoms. The van der Waals surface area contributed by atoms with Gasteiger partial charge in [-0.2, -0.15) is 4.98 Å². The monoisotopic (exact) mass is 378 g/mol. The Kier molecular flexibility index (Phi) is 4.85. The van der Waals surface area contributed by atoms with Gasteiger partial charge in [-0.1, -0.05) is 12.1 Å². The summed E-state index contributed by atoms with van der Waals surface area (Å²) in [6.45, 7) is 3.48. The Balaban J connectivity index is 1.71. The summed E-state index contributed by atoms with van der Waals surface area (Å²) in [5, 5.41) is 0. The number of hydrogen-bond acceptors (Lipinski definition) is 6. The van der Waals surface area contributed by atoms with Gasteiger partial charge in [-0.15, -0.1) is 0 Å². The van der Waals surface area contributed by atoms with E-state index >= 15 is 0 Å². The van der Waals surface area contributed by atoms with E-state index in [1.165, 1.54) is 0 Å². The van der Waals surface area contributed by atoms with Gasteiger partial charge >= 0.3 is 0 Å². The minimum absolute atomic E-state index is 0.558. The molecular formula is C16H19BrN4O2. The first kappa shape index (κ1) is 15.9. The molecule has 122 valence electrons. The quantitative estimate of drug-likeness (QED) is 0.814. The van der Waals surface area contributed by atoms with Crippen LogP contribution in [0, 0.1) is 0 Å². The van der Waals surface area contributed by atoms with Crippen LogP contribution in [0.5, 0.6) is 11.6 Å². The van der Waals surface area contributed by atoms with Crippen molar-refractivity contribution in [3.63, 3.8) is 0 Å². The Morgan fingerprint density at radius 2 is 1.70 bits per heavy atom. The maximum atomic E-state index is 5.45. The molecule has 6 nitrogen and oxygen atoms in total. The first-order valence-electron chi connectivity index (χ1n) is 7.42.